The van der Waals surface area contributed by atoms with E-state index < -0.39 is 11.9 Å². The van der Waals surface area contributed by atoms with E-state index in [1.54, 1.807) is 6.07 Å². The first kappa shape index (κ1) is 22.1. The number of ketones is 1. The van der Waals surface area contributed by atoms with E-state index in [2.05, 4.69) is 0 Å². The Kier molecular flexibility index (Phi) is 7.08. The second-order valence-corrected chi connectivity index (χ2v) is 7.61. The summed E-state index contributed by atoms with van der Waals surface area (Å²) in [5.74, 6) is -1.86. The molecule has 0 saturated heterocycles. The molecule has 1 unspecified atom stereocenters. The predicted molar refractivity (Wildman–Crippen MR) is 116 cm³/mol. The third-order valence-electron chi connectivity index (χ3n) is 5.40. The highest BCUT2D eigenvalue weighted by Crippen LogP contribution is 2.32. The Morgan fingerprint density at radius 2 is 1.74 bits per heavy atom. The number of phenolic OH excluding ortho intramolecular Hbond substituents is 1. The van der Waals surface area contributed by atoms with Gasteiger partial charge in [0.25, 0.3) is 0 Å². The first-order valence-corrected chi connectivity index (χ1v) is 10.2. The molecule has 1 N–H and O–H groups in total. The molecular weight excluding hydrogens is 392 g/mol. The summed E-state index contributed by atoms with van der Waals surface area (Å²) in [5.41, 5.74) is 3.97. The number of aromatic hydroxyl groups is 1. The number of phenols is 1. The topological polar surface area (TPSA) is 86.7 Å². The van der Waals surface area contributed by atoms with E-state index in [9.17, 15) is 19.8 Å². The molecule has 0 aliphatic rings. The Morgan fingerprint density at radius 1 is 1.00 bits per heavy atom. The number of carboxylic acids is 1. The van der Waals surface area contributed by atoms with Gasteiger partial charge in [-0.3, -0.25) is 4.79 Å². The number of rotatable bonds is 9. The Hall–Kier alpha value is -3.60. The molecule has 0 heterocycles. The molecule has 31 heavy (non-hydrogen) atoms. The summed E-state index contributed by atoms with van der Waals surface area (Å²) in [6.45, 7) is 4.16. The number of carbonyl (C=O) groups excluding carboxylic acids is 2. The van der Waals surface area contributed by atoms with Gasteiger partial charge in [-0.25, -0.2) is 0 Å². The number of carboxylic acid groups (broad SMARTS) is 1. The van der Waals surface area contributed by atoms with Gasteiger partial charge in [-0.1, -0.05) is 48.5 Å². The standard InChI is InChI=1S/C26H26O5/c1-17-7-6-10-23(18(17)2)24(11-12-25(28)29)26(30)20-13-21(27)15-22(14-20)31-16-19-8-4-3-5-9-19/h3-10,13-15,24,27H,11-12,16H2,1-2H3,(H,28,29)/p-1. The summed E-state index contributed by atoms with van der Waals surface area (Å²) in [7, 11) is 0. The van der Waals surface area contributed by atoms with Crippen molar-refractivity contribution in [2.45, 2.75) is 39.2 Å². The monoisotopic (exact) mass is 417 g/mol. The number of benzene rings is 3. The van der Waals surface area contributed by atoms with Crippen LogP contribution in [0.5, 0.6) is 11.5 Å². The SMILES string of the molecule is Cc1cccc(C(CCC(=O)[O-])C(=O)c2cc(O)cc(OCc3ccccc3)c2)c1C. The molecule has 0 aliphatic carbocycles. The van der Waals surface area contributed by atoms with Crippen LogP contribution in [0.4, 0.5) is 0 Å². The van der Waals surface area contributed by atoms with Crippen molar-refractivity contribution < 1.29 is 24.5 Å². The fourth-order valence-corrected chi connectivity index (χ4v) is 3.59. The molecule has 3 rings (SSSR count). The number of hydrogen-bond donors (Lipinski definition) is 1. The maximum atomic E-state index is 13.4. The minimum atomic E-state index is -1.20. The minimum absolute atomic E-state index is 0.0893. The summed E-state index contributed by atoms with van der Waals surface area (Å²) in [6, 6.07) is 19.6. The third-order valence-corrected chi connectivity index (χ3v) is 5.40. The molecular formula is C26H25O5-. The Balaban J connectivity index is 1.90. The lowest BCUT2D eigenvalue weighted by Crippen LogP contribution is -2.24. The lowest BCUT2D eigenvalue weighted by molar-refractivity contribution is -0.305. The maximum absolute atomic E-state index is 13.4. The maximum Gasteiger partial charge on any atom is 0.170 e. The number of hydrogen-bond acceptors (Lipinski definition) is 5. The van der Waals surface area contributed by atoms with E-state index in [1.807, 2.05) is 62.4 Å². The molecule has 3 aromatic rings. The van der Waals surface area contributed by atoms with Crippen LogP contribution in [-0.4, -0.2) is 16.9 Å². The predicted octanol–water partition coefficient (Wildman–Crippen LogP) is 4.08. The number of aliphatic carboxylic acids is 1. The zero-order valence-corrected chi connectivity index (χ0v) is 17.6. The number of Topliss-reactive ketones (excluding diaryl/α,β-unsaturated/α-hetero) is 1. The summed E-state index contributed by atoms with van der Waals surface area (Å²) in [4.78, 5) is 24.5. The van der Waals surface area contributed by atoms with E-state index >= 15 is 0 Å². The molecule has 1 atom stereocenters. The molecule has 0 aromatic heterocycles. The van der Waals surface area contributed by atoms with Gasteiger partial charge in [0.2, 0.25) is 0 Å². The van der Waals surface area contributed by atoms with Crippen LogP contribution in [0.25, 0.3) is 0 Å². The van der Waals surface area contributed by atoms with Gasteiger partial charge in [0.05, 0.1) is 0 Å². The van der Waals surface area contributed by atoms with Gasteiger partial charge >= 0.3 is 0 Å². The molecule has 5 nitrogen and oxygen atoms in total. The van der Waals surface area contributed by atoms with Crippen LogP contribution < -0.4 is 9.84 Å². The van der Waals surface area contributed by atoms with E-state index in [-0.39, 0.29) is 29.9 Å². The van der Waals surface area contributed by atoms with Crippen molar-refractivity contribution in [3.8, 4) is 11.5 Å². The van der Waals surface area contributed by atoms with Crippen LogP contribution in [0.1, 0.15) is 51.4 Å². The van der Waals surface area contributed by atoms with Crippen LogP contribution in [0.3, 0.4) is 0 Å². The zero-order valence-electron chi connectivity index (χ0n) is 17.6. The lowest BCUT2D eigenvalue weighted by atomic mass is 9.83. The van der Waals surface area contributed by atoms with Crippen molar-refractivity contribution in [2.24, 2.45) is 0 Å². The summed E-state index contributed by atoms with van der Waals surface area (Å²) in [6.07, 6.45) is -0.124. The molecule has 5 heteroatoms. The zero-order chi connectivity index (χ0) is 22.4. The summed E-state index contributed by atoms with van der Waals surface area (Å²) >= 11 is 0. The Morgan fingerprint density at radius 3 is 2.45 bits per heavy atom. The van der Waals surface area contributed by atoms with E-state index in [4.69, 9.17) is 4.74 Å². The van der Waals surface area contributed by atoms with Gasteiger partial charge in [0.15, 0.2) is 5.78 Å². The van der Waals surface area contributed by atoms with E-state index in [0.29, 0.717) is 12.4 Å². The Bertz CT molecular complexity index is 1070. The smallest absolute Gasteiger partial charge is 0.170 e. The van der Waals surface area contributed by atoms with Gasteiger partial charge < -0.3 is 19.7 Å². The largest absolute Gasteiger partial charge is 0.550 e. The molecule has 0 spiro atoms. The highest BCUT2D eigenvalue weighted by Gasteiger charge is 2.25. The van der Waals surface area contributed by atoms with Gasteiger partial charge in [-0.15, -0.1) is 0 Å². The number of carbonyl (C=O) groups is 2. The van der Waals surface area contributed by atoms with Crippen molar-refractivity contribution in [1.29, 1.82) is 0 Å². The normalized spacial score (nSPS) is 11.7. The third kappa shape index (κ3) is 5.72. The van der Waals surface area contributed by atoms with Crippen LogP contribution in [0, 0.1) is 13.8 Å². The highest BCUT2D eigenvalue weighted by molar-refractivity contribution is 6.02. The average Bonchev–Trinajstić information content (AvgIpc) is 2.75. The fraction of sp³-hybridized carbons (Fsp3) is 0.231. The second-order valence-electron chi connectivity index (χ2n) is 7.61. The fourth-order valence-electron chi connectivity index (χ4n) is 3.59. The van der Waals surface area contributed by atoms with Gasteiger partial charge in [0.1, 0.15) is 18.1 Å². The first-order chi connectivity index (χ1) is 14.8. The highest BCUT2D eigenvalue weighted by atomic mass is 16.5. The molecule has 0 fully saturated rings. The summed E-state index contributed by atoms with van der Waals surface area (Å²) < 4.78 is 5.77. The number of ether oxygens (including phenoxy) is 1. The molecule has 160 valence electrons. The molecule has 0 saturated carbocycles. The molecule has 0 aliphatic heterocycles. The van der Waals surface area contributed by atoms with Crippen LogP contribution in [0.15, 0.2) is 66.7 Å². The lowest BCUT2D eigenvalue weighted by Gasteiger charge is -2.20. The number of aryl methyl sites for hydroxylation is 1. The van der Waals surface area contributed by atoms with Crippen molar-refractivity contribution in [3.63, 3.8) is 0 Å². The van der Waals surface area contributed by atoms with Gasteiger partial charge in [0, 0.05) is 23.5 Å². The summed E-state index contributed by atoms with van der Waals surface area (Å²) in [5, 5.41) is 21.3. The van der Waals surface area contributed by atoms with E-state index in [1.165, 1.54) is 12.1 Å². The van der Waals surface area contributed by atoms with Gasteiger partial charge in [-0.2, -0.15) is 0 Å². The molecule has 0 bridgehead atoms. The Labute approximate surface area is 181 Å². The quantitative estimate of drug-likeness (QED) is 0.530. The van der Waals surface area contributed by atoms with Crippen molar-refractivity contribution in [1.82, 2.24) is 0 Å². The van der Waals surface area contributed by atoms with Gasteiger partial charge in [-0.05, 0) is 61.1 Å². The van der Waals surface area contributed by atoms with Crippen molar-refractivity contribution in [2.75, 3.05) is 0 Å². The molecule has 0 amide bonds. The second kappa shape index (κ2) is 9.94. The van der Waals surface area contributed by atoms with E-state index in [0.717, 1.165) is 22.3 Å². The first-order valence-electron chi connectivity index (χ1n) is 10.2. The van der Waals surface area contributed by atoms with Crippen molar-refractivity contribution >= 4 is 11.8 Å². The van der Waals surface area contributed by atoms with Crippen LogP contribution in [0.2, 0.25) is 0 Å². The van der Waals surface area contributed by atoms with Crippen LogP contribution in [-0.2, 0) is 11.4 Å². The average molecular weight is 417 g/mol. The molecule has 0 radical (unpaired) electrons. The minimum Gasteiger partial charge on any atom is -0.550 e. The molecule has 3 aromatic carbocycles. The van der Waals surface area contributed by atoms with Crippen molar-refractivity contribution in [3.05, 3.63) is 94.5 Å². The van der Waals surface area contributed by atoms with Crippen LogP contribution >= 0.6 is 0 Å².